The molecule has 1 aliphatic rings. The summed E-state index contributed by atoms with van der Waals surface area (Å²) in [5.41, 5.74) is -2.36. The highest BCUT2D eigenvalue weighted by atomic mass is 31.3. The van der Waals surface area contributed by atoms with Gasteiger partial charge in [-0.2, -0.15) is 4.39 Å². The van der Waals surface area contributed by atoms with Gasteiger partial charge in [0.15, 0.2) is 0 Å². The molecule has 28 heavy (non-hydrogen) atoms. The number of aromatic amines is 1. The summed E-state index contributed by atoms with van der Waals surface area (Å²) in [4.78, 5) is 68.2. The molecular weight excluding hydrogens is 451 g/mol. The molecule has 17 heteroatoms. The molecule has 1 heterocycles. The van der Waals surface area contributed by atoms with Crippen molar-refractivity contribution in [2.45, 2.75) is 18.6 Å². The van der Waals surface area contributed by atoms with Crippen LogP contribution in [0.3, 0.4) is 0 Å². The van der Waals surface area contributed by atoms with Gasteiger partial charge < -0.3 is 37.8 Å². The van der Waals surface area contributed by atoms with Crippen LogP contribution >= 0.6 is 22.6 Å². The van der Waals surface area contributed by atoms with Gasteiger partial charge in [-0.25, -0.2) is 9.18 Å². The predicted octanol–water partition coefficient (Wildman–Crippen LogP) is -2.39. The van der Waals surface area contributed by atoms with Crippen molar-refractivity contribution in [3.05, 3.63) is 32.9 Å². The molecule has 2 rings (SSSR count). The highest BCUT2D eigenvalue weighted by Crippen LogP contribution is 2.57. The van der Waals surface area contributed by atoms with Gasteiger partial charge in [0.2, 0.25) is 5.82 Å². The Balaban J connectivity index is 1.96. The number of rotatable bonds is 8. The molecule has 0 radical (unpaired) electrons. The minimum atomic E-state index is -5.51. The molecular formula is C11H13F2N2O10P3-4. The Morgan fingerprint density at radius 2 is 1.79 bits per heavy atom. The monoisotopic (exact) mass is 464 g/mol. The smallest absolute Gasteiger partial charge is 0.328 e. The SMILES string of the molecule is O=c1[nH]c(=O)n([C@H]2C[C@@H](COP(=O)([O-])CP(=O)([O-])CP(=O)([O-])[O-])[C@@H]2F)cc1F. The van der Waals surface area contributed by atoms with Gasteiger partial charge in [-0.3, -0.25) is 14.3 Å². The van der Waals surface area contributed by atoms with Crippen LogP contribution in [0.5, 0.6) is 0 Å². The molecule has 1 aromatic heterocycles. The lowest BCUT2D eigenvalue weighted by molar-refractivity contribution is -0.312. The average molecular weight is 464 g/mol. The average Bonchev–Trinajstić information content (AvgIpc) is 2.46. The predicted molar refractivity (Wildman–Crippen MR) is 81.8 cm³/mol. The second-order valence-corrected chi connectivity index (χ2v) is 12.9. The first-order chi connectivity index (χ1) is 12.6. The Bertz CT molecular complexity index is 1000. The van der Waals surface area contributed by atoms with Crippen molar-refractivity contribution in [1.29, 1.82) is 0 Å². The van der Waals surface area contributed by atoms with E-state index in [0.717, 1.165) is 0 Å². The fraction of sp³-hybridized carbons (Fsp3) is 0.636. The zero-order chi connectivity index (χ0) is 21.5. The van der Waals surface area contributed by atoms with Gasteiger partial charge in [-0.1, -0.05) is 7.60 Å². The van der Waals surface area contributed by atoms with E-state index >= 15 is 0 Å². The van der Waals surface area contributed by atoms with Gasteiger partial charge in [0.05, 0.1) is 24.7 Å². The van der Waals surface area contributed by atoms with Crippen molar-refractivity contribution >= 4 is 22.6 Å². The third kappa shape index (κ3) is 6.01. The van der Waals surface area contributed by atoms with Crippen LogP contribution in [0.1, 0.15) is 12.5 Å². The maximum Gasteiger partial charge on any atom is 0.328 e. The van der Waals surface area contributed by atoms with E-state index in [1.807, 2.05) is 0 Å². The minimum absolute atomic E-state index is 0.183. The molecule has 0 bridgehead atoms. The van der Waals surface area contributed by atoms with E-state index in [1.54, 1.807) is 4.98 Å². The number of alkyl halides is 1. The third-order valence-electron chi connectivity index (χ3n) is 3.91. The highest BCUT2D eigenvalue weighted by molar-refractivity contribution is 7.78. The summed E-state index contributed by atoms with van der Waals surface area (Å²) in [6, 6.07) is -1.20. The Labute approximate surface area is 155 Å². The molecule has 1 N–H and O–H groups in total. The zero-order valence-corrected chi connectivity index (χ0v) is 16.4. The van der Waals surface area contributed by atoms with Crippen LogP contribution in [0.4, 0.5) is 8.78 Å². The number of aromatic nitrogens is 2. The summed E-state index contributed by atoms with van der Waals surface area (Å²) in [7, 11) is -15.8. The van der Waals surface area contributed by atoms with Gasteiger partial charge in [0.25, 0.3) is 5.56 Å². The van der Waals surface area contributed by atoms with E-state index in [4.69, 9.17) is 0 Å². The lowest BCUT2D eigenvalue weighted by Crippen LogP contribution is -2.47. The minimum Gasteiger partial charge on any atom is -0.810 e. The molecule has 0 aromatic carbocycles. The first kappa shape index (κ1) is 23.3. The first-order valence-electron chi connectivity index (χ1n) is 7.50. The first-order valence-corrected chi connectivity index (χ1v) is 13.0. The van der Waals surface area contributed by atoms with Crippen LogP contribution in [0, 0.1) is 11.7 Å². The number of hydrogen-bond acceptors (Lipinski definition) is 10. The van der Waals surface area contributed by atoms with Gasteiger partial charge in [0, 0.05) is 19.2 Å². The molecule has 160 valence electrons. The second kappa shape index (κ2) is 8.04. The Morgan fingerprint density at radius 3 is 2.32 bits per heavy atom. The highest BCUT2D eigenvalue weighted by Gasteiger charge is 2.44. The van der Waals surface area contributed by atoms with E-state index in [1.165, 1.54) is 0 Å². The maximum absolute atomic E-state index is 14.2. The third-order valence-corrected chi connectivity index (χ3v) is 10.7. The van der Waals surface area contributed by atoms with Crippen molar-refractivity contribution in [1.82, 2.24) is 9.55 Å². The number of hydrogen-bond donors (Lipinski definition) is 1. The van der Waals surface area contributed by atoms with E-state index in [0.29, 0.717) is 10.8 Å². The van der Waals surface area contributed by atoms with Crippen LogP contribution < -0.4 is 30.8 Å². The van der Waals surface area contributed by atoms with E-state index < -0.39 is 76.2 Å². The van der Waals surface area contributed by atoms with Crippen molar-refractivity contribution in [3.63, 3.8) is 0 Å². The van der Waals surface area contributed by atoms with Crippen molar-refractivity contribution in [2.24, 2.45) is 5.92 Å². The van der Waals surface area contributed by atoms with Gasteiger partial charge in [-0.15, -0.1) is 0 Å². The number of H-pyrrole nitrogens is 1. The van der Waals surface area contributed by atoms with Crippen LogP contribution in [-0.2, 0) is 18.2 Å². The molecule has 2 unspecified atom stereocenters. The molecule has 1 aromatic rings. The summed E-state index contributed by atoms with van der Waals surface area (Å²) in [5.74, 6) is -6.03. The molecule has 5 atom stereocenters. The Kier molecular flexibility index (Phi) is 6.70. The number of halogens is 2. The number of nitrogens with one attached hydrogen (secondary N) is 1. The van der Waals surface area contributed by atoms with E-state index in [9.17, 15) is 51.6 Å². The fourth-order valence-electron chi connectivity index (χ4n) is 2.65. The molecule has 0 amide bonds. The summed E-state index contributed by atoms with van der Waals surface area (Å²) in [6.45, 7) is -0.814. The molecule has 1 saturated carbocycles. The quantitative estimate of drug-likeness (QED) is 0.404. The molecule has 0 aliphatic heterocycles. The van der Waals surface area contributed by atoms with Gasteiger partial charge in [-0.05, 0) is 6.42 Å². The summed E-state index contributed by atoms with van der Waals surface area (Å²) >= 11 is 0. The van der Waals surface area contributed by atoms with E-state index in [2.05, 4.69) is 4.52 Å². The summed E-state index contributed by atoms with van der Waals surface area (Å²) in [5, 5.41) is 0. The van der Waals surface area contributed by atoms with Crippen LogP contribution in [0.2, 0.25) is 0 Å². The van der Waals surface area contributed by atoms with Crippen LogP contribution in [0.15, 0.2) is 15.8 Å². The standard InChI is InChI=1S/C11H17F2N2O10P3/c12-7-2-15(11(17)14-10(7)16)8-1-6(9(8)13)3-25-28(23,24)5-26(18,19)4-27(20,21)22/h2,6,8-9H,1,3-5H2,(H,18,19)(H,23,24)(H,14,16,17)(H2,20,21,22)/p-4/t6-,8-,9-/m0/s1. The maximum atomic E-state index is 14.2. The van der Waals surface area contributed by atoms with Crippen molar-refractivity contribution < 1.29 is 46.6 Å². The zero-order valence-electron chi connectivity index (χ0n) is 13.8. The molecule has 1 fully saturated rings. The van der Waals surface area contributed by atoms with Crippen LogP contribution in [-0.4, -0.2) is 34.1 Å². The van der Waals surface area contributed by atoms with E-state index in [-0.39, 0.29) is 6.42 Å². The summed E-state index contributed by atoms with van der Waals surface area (Å²) < 4.78 is 66.0. The van der Waals surface area contributed by atoms with Gasteiger partial charge >= 0.3 is 5.69 Å². The van der Waals surface area contributed by atoms with Crippen LogP contribution in [0.25, 0.3) is 0 Å². The summed E-state index contributed by atoms with van der Waals surface area (Å²) in [6.07, 6.45) is -1.55. The van der Waals surface area contributed by atoms with Crippen molar-refractivity contribution in [2.75, 3.05) is 18.4 Å². The molecule has 1 aliphatic carbocycles. The molecule has 12 nitrogen and oxygen atoms in total. The largest absolute Gasteiger partial charge is 0.810 e. The lowest BCUT2D eigenvalue weighted by atomic mass is 9.78. The lowest BCUT2D eigenvalue weighted by Gasteiger charge is -2.42. The topological polar surface area (TPSA) is 208 Å². The molecule has 0 saturated heterocycles. The fourth-order valence-corrected chi connectivity index (χ4v) is 8.78. The normalized spacial score (nSPS) is 26.9. The Morgan fingerprint density at radius 1 is 1.18 bits per heavy atom. The second-order valence-electron chi connectivity index (χ2n) is 6.27. The Hall–Kier alpha value is -0.970. The number of nitrogens with zero attached hydrogens (tertiary/aromatic N) is 1. The van der Waals surface area contributed by atoms with Crippen molar-refractivity contribution in [3.8, 4) is 0 Å². The molecule has 0 spiro atoms. The van der Waals surface area contributed by atoms with Gasteiger partial charge in [0.1, 0.15) is 13.8 Å².